The maximum atomic E-state index is 12.9. The number of nitrogens with zero attached hydrogens (tertiary/aromatic N) is 2. The molecular weight excluding hydrogens is 354 g/mol. The molecule has 0 saturated carbocycles. The van der Waals surface area contributed by atoms with Crippen LogP contribution in [0.5, 0.6) is 0 Å². The SMILES string of the molecule is COCCNC(=O)COC(=O)[C@]12CCC(=O)N1c1ccccc1C(=O)N2C. The molecule has 1 N–H and O–H groups in total. The Balaban J connectivity index is 1.84. The molecule has 0 radical (unpaired) electrons. The van der Waals surface area contributed by atoms with Crippen molar-refractivity contribution in [2.45, 2.75) is 18.5 Å². The summed E-state index contributed by atoms with van der Waals surface area (Å²) in [5.41, 5.74) is -0.851. The molecule has 0 aromatic heterocycles. The number of anilines is 1. The monoisotopic (exact) mass is 375 g/mol. The number of hydrogen-bond donors (Lipinski definition) is 1. The highest BCUT2D eigenvalue weighted by Gasteiger charge is 2.60. The van der Waals surface area contributed by atoms with Crippen LogP contribution in [-0.4, -0.2) is 68.2 Å². The Bertz CT molecular complexity index is 795. The minimum absolute atomic E-state index is 0.0983. The minimum atomic E-state index is -1.57. The number of carbonyl (C=O) groups excluding carboxylic acids is 4. The molecule has 0 unspecified atom stereocenters. The van der Waals surface area contributed by atoms with Crippen molar-refractivity contribution in [2.24, 2.45) is 0 Å². The molecule has 9 nitrogen and oxygen atoms in total. The summed E-state index contributed by atoms with van der Waals surface area (Å²) in [5.74, 6) is -1.94. The number of esters is 1. The number of rotatable bonds is 6. The minimum Gasteiger partial charge on any atom is -0.452 e. The van der Waals surface area contributed by atoms with Crippen LogP contribution in [-0.2, 0) is 23.9 Å². The van der Waals surface area contributed by atoms with Gasteiger partial charge in [0.05, 0.1) is 17.9 Å². The Morgan fingerprint density at radius 1 is 1.26 bits per heavy atom. The van der Waals surface area contributed by atoms with Crippen molar-refractivity contribution in [3.05, 3.63) is 29.8 Å². The molecule has 1 atom stereocenters. The molecule has 3 rings (SSSR count). The lowest BCUT2D eigenvalue weighted by molar-refractivity contribution is -0.159. The Labute approximate surface area is 156 Å². The second-order valence-corrected chi connectivity index (χ2v) is 6.35. The van der Waals surface area contributed by atoms with Crippen molar-refractivity contribution >= 4 is 29.4 Å². The molecule has 0 spiro atoms. The van der Waals surface area contributed by atoms with Crippen LogP contribution in [0.3, 0.4) is 0 Å². The highest BCUT2D eigenvalue weighted by Crippen LogP contribution is 2.44. The largest absolute Gasteiger partial charge is 0.452 e. The third-order valence-electron chi connectivity index (χ3n) is 4.83. The van der Waals surface area contributed by atoms with Gasteiger partial charge in [0.25, 0.3) is 11.8 Å². The van der Waals surface area contributed by atoms with Gasteiger partial charge in [-0.3, -0.25) is 19.3 Å². The summed E-state index contributed by atoms with van der Waals surface area (Å²) in [7, 11) is 2.97. The molecule has 0 bridgehead atoms. The third kappa shape index (κ3) is 3.03. The molecule has 9 heteroatoms. The molecule has 144 valence electrons. The molecule has 1 aromatic rings. The van der Waals surface area contributed by atoms with Crippen molar-refractivity contribution in [3.63, 3.8) is 0 Å². The van der Waals surface area contributed by atoms with Crippen LogP contribution in [0, 0.1) is 0 Å². The summed E-state index contributed by atoms with van der Waals surface area (Å²) in [6, 6.07) is 6.63. The first-order valence-corrected chi connectivity index (χ1v) is 8.56. The van der Waals surface area contributed by atoms with Gasteiger partial charge in [0.1, 0.15) is 0 Å². The summed E-state index contributed by atoms with van der Waals surface area (Å²) >= 11 is 0. The number of methoxy groups -OCH3 is 1. The van der Waals surface area contributed by atoms with Crippen molar-refractivity contribution in [1.29, 1.82) is 0 Å². The number of nitrogens with one attached hydrogen (secondary N) is 1. The average Bonchev–Trinajstić information content (AvgIpc) is 3.03. The molecule has 1 fully saturated rings. The normalized spacial score (nSPS) is 21.0. The lowest BCUT2D eigenvalue weighted by Gasteiger charge is -2.46. The second-order valence-electron chi connectivity index (χ2n) is 6.35. The number of carbonyl (C=O) groups is 4. The lowest BCUT2D eigenvalue weighted by atomic mass is 9.97. The van der Waals surface area contributed by atoms with Crippen molar-refractivity contribution in [3.8, 4) is 0 Å². The quantitative estimate of drug-likeness (QED) is 0.550. The zero-order valence-electron chi connectivity index (χ0n) is 15.2. The first kappa shape index (κ1) is 18.8. The maximum absolute atomic E-state index is 12.9. The number of likely N-dealkylation sites (N-methyl/N-ethyl adjacent to an activating group) is 1. The smallest absolute Gasteiger partial charge is 0.354 e. The zero-order valence-corrected chi connectivity index (χ0v) is 15.2. The lowest BCUT2D eigenvalue weighted by Crippen LogP contribution is -2.67. The summed E-state index contributed by atoms with van der Waals surface area (Å²) in [5, 5.41) is 2.54. The van der Waals surface area contributed by atoms with E-state index < -0.39 is 24.1 Å². The van der Waals surface area contributed by atoms with Crippen LogP contribution < -0.4 is 10.2 Å². The van der Waals surface area contributed by atoms with Gasteiger partial charge in [-0.15, -0.1) is 0 Å². The molecule has 2 aliphatic heterocycles. The summed E-state index contributed by atoms with van der Waals surface area (Å²) < 4.78 is 10.0. The highest BCUT2D eigenvalue weighted by molar-refractivity contribution is 6.15. The van der Waals surface area contributed by atoms with Gasteiger partial charge in [0.2, 0.25) is 11.6 Å². The van der Waals surface area contributed by atoms with Crippen LogP contribution in [0.4, 0.5) is 5.69 Å². The molecule has 2 heterocycles. The van der Waals surface area contributed by atoms with Crippen LogP contribution in [0.2, 0.25) is 0 Å². The number of ether oxygens (including phenoxy) is 2. The standard InChI is InChI=1S/C18H21N3O6/c1-20-16(24)12-5-3-4-6-13(12)21-15(23)7-8-18(20,21)17(25)27-11-14(22)19-9-10-26-2/h3-6H,7-11H2,1-2H3,(H,19,22)/t18-/m0/s1. The molecule has 0 aliphatic carbocycles. The van der Waals surface area contributed by atoms with E-state index in [1.54, 1.807) is 24.3 Å². The highest BCUT2D eigenvalue weighted by atomic mass is 16.5. The van der Waals surface area contributed by atoms with Crippen LogP contribution in [0.1, 0.15) is 23.2 Å². The van der Waals surface area contributed by atoms with Crippen LogP contribution in [0.25, 0.3) is 0 Å². The first-order valence-electron chi connectivity index (χ1n) is 8.56. The van der Waals surface area contributed by atoms with E-state index >= 15 is 0 Å². The molecule has 3 amide bonds. The Hall–Kier alpha value is -2.94. The van der Waals surface area contributed by atoms with E-state index in [0.717, 1.165) is 0 Å². The van der Waals surface area contributed by atoms with Crippen molar-refractivity contribution in [2.75, 3.05) is 38.8 Å². The second kappa shape index (κ2) is 7.36. The van der Waals surface area contributed by atoms with E-state index in [0.29, 0.717) is 17.9 Å². The zero-order chi connectivity index (χ0) is 19.6. The van der Waals surface area contributed by atoms with E-state index in [1.807, 2.05) is 0 Å². The number of hydrogen-bond acceptors (Lipinski definition) is 6. The van der Waals surface area contributed by atoms with Gasteiger partial charge in [0, 0.05) is 33.5 Å². The van der Waals surface area contributed by atoms with Crippen LogP contribution >= 0.6 is 0 Å². The van der Waals surface area contributed by atoms with E-state index in [9.17, 15) is 19.2 Å². The van der Waals surface area contributed by atoms with Gasteiger partial charge in [-0.2, -0.15) is 0 Å². The molecular formula is C18H21N3O6. The van der Waals surface area contributed by atoms with Crippen LogP contribution in [0.15, 0.2) is 24.3 Å². The Kier molecular flexibility index (Phi) is 5.13. The van der Waals surface area contributed by atoms with Crippen molar-refractivity contribution < 1.29 is 28.7 Å². The van der Waals surface area contributed by atoms with E-state index in [-0.39, 0.29) is 31.2 Å². The number of para-hydroxylation sites is 1. The molecule has 27 heavy (non-hydrogen) atoms. The molecule has 1 aromatic carbocycles. The molecule has 2 aliphatic rings. The molecule has 1 saturated heterocycles. The number of benzene rings is 1. The third-order valence-corrected chi connectivity index (χ3v) is 4.83. The summed E-state index contributed by atoms with van der Waals surface area (Å²) in [6.45, 7) is 0.115. The summed E-state index contributed by atoms with van der Waals surface area (Å²) in [4.78, 5) is 52.6. The number of amides is 3. The van der Waals surface area contributed by atoms with E-state index in [2.05, 4.69) is 5.32 Å². The summed E-state index contributed by atoms with van der Waals surface area (Å²) in [6.07, 6.45) is 0.202. The average molecular weight is 375 g/mol. The fraction of sp³-hybridized carbons (Fsp3) is 0.444. The Morgan fingerprint density at radius 3 is 2.74 bits per heavy atom. The van der Waals surface area contributed by atoms with Gasteiger partial charge in [-0.1, -0.05) is 12.1 Å². The van der Waals surface area contributed by atoms with E-state index in [1.165, 1.54) is 24.0 Å². The Morgan fingerprint density at radius 2 is 2.00 bits per heavy atom. The predicted molar refractivity (Wildman–Crippen MR) is 93.8 cm³/mol. The van der Waals surface area contributed by atoms with Gasteiger partial charge < -0.3 is 19.7 Å². The fourth-order valence-corrected chi connectivity index (χ4v) is 3.48. The number of fused-ring (bicyclic) bond motifs is 3. The predicted octanol–water partition coefficient (Wildman–Crippen LogP) is -0.0989. The van der Waals surface area contributed by atoms with Gasteiger partial charge in [-0.05, 0) is 12.1 Å². The van der Waals surface area contributed by atoms with Gasteiger partial charge in [-0.25, -0.2) is 4.79 Å². The fourth-order valence-electron chi connectivity index (χ4n) is 3.48. The van der Waals surface area contributed by atoms with Gasteiger partial charge >= 0.3 is 5.97 Å². The van der Waals surface area contributed by atoms with Gasteiger partial charge in [0.15, 0.2) is 6.61 Å². The van der Waals surface area contributed by atoms with E-state index in [4.69, 9.17) is 9.47 Å². The maximum Gasteiger partial charge on any atom is 0.354 e. The topological polar surface area (TPSA) is 105 Å². The first-order chi connectivity index (χ1) is 12.9. The van der Waals surface area contributed by atoms with Crippen molar-refractivity contribution in [1.82, 2.24) is 10.2 Å².